The number of fused-ring (bicyclic) bond motifs is 6. The van der Waals surface area contributed by atoms with Crippen molar-refractivity contribution in [2.24, 2.45) is 0 Å². The van der Waals surface area contributed by atoms with Gasteiger partial charge in [-0.3, -0.25) is 9.59 Å². The Balaban J connectivity index is 1.22. The summed E-state index contributed by atoms with van der Waals surface area (Å²) >= 11 is 0. The number of hydrogen-bond acceptors (Lipinski definition) is 5. The van der Waals surface area contributed by atoms with Crippen LogP contribution < -0.4 is 19.7 Å². The number of nitrogens with zero attached hydrogens (tertiary/aromatic N) is 3. The zero-order valence-electron chi connectivity index (χ0n) is 23.1. The molecule has 3 heterocycles. The fourth-order valence-electron chi connectivity index (χ4n) is 6.23. The molecule has 206 valence electrons. The number of nitrogens with one attached hydrogen (secondary N) is 1. The first-order valence-corrected chi connectivity index (χ1v) is 13.7. The van der Waals surface area contributed by atoms with Gasteiger partial charge in [-0.05, 0) is 54.3 Å². The highest BCUT2D eigenvalue weighted by atomic mass is 16.5. The van der Waals surface area contributed by atoms with E-state index in [4.69, 9.17) is 9.47 Å². The van der Waals surface area contributed by atoms with Crippen molar-refractivity contribution in [2.75, 3.05) is 39.3 Å². The Morgan fingerprint density at radius 1 is 1.00 bits per heavy atom. The van der Waals surface area contributed by atoms with Crippen molar-refractivity contribution >= 4 is 28.4 Å². The van der Waals surface area contributed by atoms with Gasteiger partial charge in [-0.25, -0.2) is 0 Å². The van der Waals surface area contributed by atoms with Gasteiger partial charge in [0.1, 0.15) is 6.17 Å². The number of carbonyl (C=O) groups is 2. The zero-order chi connectivity index (χ0) is 27.8. The van der Waals surface area contributed by atoms with Crippen molar-refractivity contribution in [1.82, 2.24) is 14.8 Å². The molecule has 1 atom stereocenters. The maximum Gasteiger partial charge on any atom is 0.257 e. The summed E-state index contributed by atoms with van der Waals surface area (Å²) in [6, 6.07) is 22.0. The molecule has 8 nitrogen and oxygen atoms in total. The largest absolute Gasteiger partial charge is 0.493 e. The number of amides is 2. The Kier molecular flexibility index (Phi) is 6.84. The maximum absolute atomic E-state index is 13.5. The van der Waals surface area contributed by atoms with Crippen LogP contribution in [0.25, 0.3) is 10.9 Å². The third kappa shape index (κ3) is 4.33. The first kappa shape index (κ1) is 25.8. The van der Waals surface area contributed by atoms with Crippen LogP contribution >= 0.6 is 0 Å². The lowest BCUT2D eigenvalue weighted by Gasteiger charge is -2.46. The van der Waals surface area contributed by atoms with Crippen LogP contribution in [0.4, 0.5) is 5.69 Å². The van der Waals surface area contributed by atoms with E-state index in [2.05, 4.69) is 40.0 Å². The summed E-state index contributed by atoms with van der Waals surface area (Å²) in [4.78, 5) is 30.7. The maximum atomic E-state index is 13.5. The Labute approximate surface area is 234 Å². The van der Waals surface area contributed by atoms with Crippen molar-refractivity contribution in [3.63, 3.8) is 0 Å². The average molecular weight is 539 g/mol. The van der Waals surface area contributed by atoms with E-state index >= 15 is 0 Å². The van der Waals surface area contributed by atoms with Crippen LogP contribution in [0, 0.1) is 0 Å². The van der Waals surface area contributed by atoms with Gasteiger partial charge in [0.15, 0.2) is 11.5 Å². The third-order valence-electron chi connectivity index (χ3n) is 8.15. The third-order valence-corrected chi connectivity index (χ3v) is 8.15. The Morgan fingerprint density at radius 2 is 1.77 bits per heavy atom. The Hall–Kier alpha value is -4.46. The zero-order valence-corrected chi connectivity index (χ0v) is 23.1. The molecule has 4 aromatic rings. The number of hydrogen-bond donors (Lipinski definition) is 1. The van der Waals surface area contributed by atoms with Crippen LogP contribution in [0.3, 0.4) is 0 Å². The normalized spacial score (nSPS) is 15.9. The van der Waals surface area contributed by atoms with E-state index < -0.39 is 0 Å². The molecule has 40 heavy (non-hydrogen) atoms. The van der Waals surface area contributed by atoms with Crippen LogP contribution in [0.2, 0.25) is 0 Å². The molecule has 0 saturated carbocycles. The van der Waals surface area contributed by atoms with Crippen LogP contribution in [-0.4, -0.2) is 55.6 Å². The number of carbonyl (C=O) groups excluding carboxylic acids is 2. The minimum absolute atomic E-state index is 0.00176. The number of anilines is 1. The number of rotatable bonds is 8. The predicted octanol–water partition coefficient (Wildman–Crippen LogP) is 4.55. The lowest BCUT2D eigenvalue weighted by Crippen LogP contribution is -2.51. The number of benzene rings is 3. The minimum Gasteiger partial charge on any atom is -0.493 e. The van der Waals surface area contributed by atoms with E-state index in [1.807, 2.05) is 53.4 Å². The summed E-state index contributed by atoms with van der Waals surface area (Å²) in [5.74, 6) is 1.43. The first-order chi connectivity index (χ1) is 19.5. The molecule has 1 N–H and O–H groups in total. The highest BCUT2D eigenvalue weighted by Gasteiger charge is 2.42. The van der Waals surface area contributed by atoms with E-state index in [1.54, 1.807) is 14.2 Å². The minimum atomic E-state index is -0.216. The molecule has 2 amide bonds. The summed E-state index contributed by atoms with van der Waals surface area (Å²) in [7, 11) is 5.29. The van der Waals surface area contributed by atoms with Gasteiger partial charge in [0.25, 0.3) is 5.91 Å². The van der Waals surface area contributed by atoms with E-state index in [0.29, 0.717) is 44.0 Å². The van der Waals surface area contributed by atoms with Crippen LogP contribution in [0.15, 0.2) is 66.7 Å². The Bertz CT molecular complexity index is 1590. The second-order valence-electron chi connectivity index (χ2n) is 10.3. The highest BCUT2D eigenvalue weighted by Crippen LogP contribution is 2.44. The van der Waals surface area contributed by atoms with Crippen molar-refractivity contribution in [1.29, 1.82) is 0 Å². The molecule has 1 unspecified atom stereocenters. The van der Waals surface area contributed by atoms with Crippen LogP contribution in [0.1, 0.15) is 39.8 Å². The molecule has 0 spiro atoms. The molecule has 0 saturated heterocycles. The summed E-state index contributed by atoms with van der Waals surface area (Å²) in [6.07, 6.45) is 1.61. The fraction of sp³-hybridized carbons (Fsp3) is 0.312. The van der Waals surface area contributed by atoms with Crippen molar-refractivity contribution in [2.45, 2.75) is 32.0 Å². The molecular formula is C32H34N4O4. The number of aryl methyl sites for hydroxylation is 1. The summed E-state index contributed by atoms with van der Waals surface area (Å²) in [5, 5.41) is 4.27. The molecule has 1 aromatic heterocycles. The van der Waals surface area contributed by atoms with E-state index in [0.717, 1.165) is 34.4 Å². The molecule has 0 radical (unpaired) electrons. The monoisotopic (exact) mass is 538 g/mol. The van der Waals surface area contributed by atoms with Crippen molar-refractivity contribution < 1.29 is 19.1 Å². The lowest BCUT2D eigenvalue weighted by molar-refractivity contribution is -0.121. The average Bonchev–Trinajstić information content (AvgIpc) is 3.32. The summed E-state index contributed by atoms with van der Waals surface area (Å²) in [6.45, 7) is 1.73. The molecular weight excluding hydrogens is 504 g/mol. The molecule has 0 bridgehead atoms. The van der Waals surface area contributed by atoms with E-state index in [1.165, 1.54) is 10.9 Å². The van der Waals surface area contributed by atoms with Crippen LogP contribution in [-0.2, 0) is 24.2 Å². The second-order valence-corrected chi connectivity index (χ2v) is 10.3. The number of aromatic nitrogens is 1. The lowest BCUT2D eigenvalue weighted by atomic mass is 9.96. The van der Waals surface area contributed by atoms with Gasteiger partial charge < -0.3 is 29.2 Å². The summed E-state index contributed by atoms with van der Waals surface area (Å²) < 4.78 is 13.0. The standard InChI is InChI=1S/C32H34N4O4/c1-34-25-10-6-5-9-24(25)32(38)36-18-15-23-22-8-4-7-11-26(22)35(30(23)31(34)36)19-16-29(37)33-17-14-21-12-13-27(39-2)28(20-21)40-3/h4-13,20,31H,14-19H2,1-3H3,(H,33,37). The van der Waals surface area contributed by atoms with Crippen molar-refractivity contribution in [3.8, 4) is 11.5 Å². The highest BCUT2D eigenvalue weighted by molar-refractivity contribution is 6.02. The smallest absolute Gasteiger partial charge is 0.257 e. The van der Waals surface area contributed by atoms with Gasteiger partial charge in [0.2, 0.25) is 5.91 Å². The Morgan fingerprint density at radius 3 is 2.60 bits per heavy atom. The molecule has 0 fully saturated rings. The first-order valence-electron chi connectivity index (χ1n) is 13.7. The number of ether oxygens (including phenoxy) is 2. The van der Waals surface area contributed by atoms with Gasteiger partial charge in [-0.1, -0.05) is 36.4 Å². The predicted molar refractivity (Wildman–Crippen MR) is 155 cm³/mol. The van der Waals surface area contributed by atoms with Gasteiger partial charge in [-0.15, -0.1) is 0 Å². The number of para-hydroxylation sites is 2. The molecule has 2 aliphatic rings. The van der Waals surface area contributed by atoms with Crippen molar-refractivity contribution in [3.05, 3.63) is 89.1 Å². The molecule has 0 aliphatic carbocycles. The topological polar surface area (TPSA) is 76.0 Å². The van der Waals surface area contributed by atoms with E-state index in [9.17, 15) is 9.59 Å². The quantitative estimate of drug-likeness (QED) is 0.356. The van der Waals surface area contributed by atoms with Gasteiger partial charge in [0, 0.05) is 44.0 Å². The number of methoxy groups -OCH3 is 2. The summed E-state index contributed by atoms with van der Waals surface area (Å²) in [5.41, 5.74) is 6.22. The van der Waals surface area contributed by atoms with Gasteiger partial charge in [-0.2, -0.15) is 0 Å². The molecule has 8 heteroatoms. The van der Waals surface area contributed by atoms with Gasteiger partial charge in [0.05, 0.1) is 31.2 Å². The molecule has 6 rings (SSSR count). The fourth-order valence-corrected chi connectivity index (χ4v) is 6.23. The molecule has 3 aromatic carbocycles. The second kappa shape index (κ2) is 10.6. The van der Waals surface area contributed by atoms with Crippen LogP contribution in [0.5, 0.6) is 11.5 Å². The molecule has 2 aliphatic heterocycles. The van der Waals surface area contributed by atoms with Gasteiger partial charge >= 0.3 is 0 Å². The SMILES string of the molecule is COc1ccc(CCNC(=O)CCn2c3c(c4ccccc42)CCN2C(=O)c4ccccc4N(C)C32)cc1OC. The van der Waals surface area contributed by atoms with E-state index in [-0.39, 0.29) is 18.0 Å².